The van der Waals surface area contributed by atoms with Crippen molar-refractivity contribution in [1.29, 1.82) is 0 Å². The van der Waals surface area contributed by atoms with Crippen molar-refractivity contribution in [3.8, 4) is 5.75 Å². The number of benzene rings is 2. The summed E-state index contributed by atoms with van der Waals surface area (Å²) in [6, 6.07) is 17.4. The Balaban J connectivity index is 1.22. The van der Waals surface area contributed by atoms with Crippen LogP contribution in [0.5, 0.6) is 5.75 Å². The van der Waals surface area contributed by atoms with E-state index in [1.165, 1.54) is 13.8 Å². The van der Waals surface area contributed by atoms with Gasteiger partial charge in [-0.2, -0.15) is 0 Å². The fourth-order valence-electron chi connectivity index (χ4n) is 5.31. The number of amides is 1. The SMILES string of the molecule is CC(C)(Oc1ccc(C2CC2(Cl)Cl)cc1)C(=O)N[C@@H]1CCC[C@H](Nc2cc(C(C)(C)F)nc3ccccc23)C1. The van der Waals surface area contributed by atoms with Gasteiger partial charge in [0.15, 0.2) is 5.60 Å². The largest absolute Gasteiger partial charge is 0.478 e. The van der Waals surface area contributed by atoms with Gasteiger partial charge in [-0.1, -0.05) is 30.3 Å². The van der Waals surface area contributed by atoms with Crippen LogP contribution in [-0.2, 0) is 10.5 Å². The van der Waals surface area contributed by atoms with Crippen molar-refractivity contribution in [3.05, 3.63) is 65.9 Å². The van der Waals surface area contributed by atoms with E-state index < -0.39 is 15.6 Å². The third-order valence-corrected chi connectivity index (χ3v) is 8.56. The van der Waals surface area contributed by atoms with Crippen LogP contribution in [0.1, 0.15) is 77.0 Å². The molecule has 3 aromatic rings. The van der Waals surface area contributed by atoms with E-state index in [4.69, 9.17) is 27.9 Å². The summed E-state index contributed by atoms with van der Waals surface area (Å²) in [5.74, 6) is 0.601. The van der Waals surface area contributed by atoms with Gasteiger partial charge < -0.3 is 15.4 Å². The molecule has 0 radical (unpaired) electrons. The molecule has 5 rings (SSSR count). The van der Waals surface area contributed by atoms with Gasteiger partial charge in [-0.05, 0) is 89.6 Å². The molecule has 1 amide bonds. The van der Waals surface area contributed by atoms with Crippen LogP contribution in [0.4, 0.5) is 10.1 Å². The van der Waals surface area contributed by atoms with E-state index in [0.717, 1.165) is 54.3 Å². The number of alkyl halides is 3. The number of para-hydroxylation sites is 1. The Morgan fingerprint density at radius 1 is 1.05 bits per heavy atom. The van der Waals surface area contributed by atoms with Gasteiger partial charge in [-0.15, -0.1) is 23.2 Å². The van der Waals surface area contributed by atoms with E-state index in [-0.39, 0.29) is 23.9 Å². The monoisotopic (exact) mass is 571 g/mol. The minimum atomic E-state index is -1.55. The Bertz CT molecular complexity index is 1350. The number of halogens is 3. The summed E-state index contributed by atoms with van der Waals surface area (Å²) in [6.07, 6.45) is 4.35. The number of fused-ring (bicyclic) bond motifs is 1. The van der Waals surface area contributed by atoms with Crippen molar-refractivity contribution >= 4 is 45.7 Å². The van der Waals surface area contributed by atoms with Gasteiger partial charge in [-0.25, -0.2) is 9.37 Å². The Morgan fingerprint density at radius 2 is 1.72 bits per heavy atom. The predicted molar refractivity (Wildman–Crippen MR) is 157 cm³/mol. The summed E-state index contributed by atoms with van der Waals surface area (Å²) in [4.78, 5) is 17.8. The lowest BCUT2D eigenvalue weighted by Crippen LogP contribution is -2.51. The van der Waals surface area contributed by atoms with E-state index in [0.29, 0.717) is 11.4 Å². The standard InChI is InChI=1S/C31H36Cl2FN3O2/c1-29(2,34)27-17-26(23-10-5-6-11-25(23)37-27)35-20-8-7-9-21(16-20)36-28(38)30(3,4)39-22-14-12-19(13-15-22)24-18-31(24,32)33/h5-6,10-15,17,20-21,24H,7-9,16,18H2,1-4H3,(H,35,37)(H,36,38)/t20-,21+,24?/m0/s1. The van der Waals surface area contributed by atoms with Crippen LogP contribution in [0.3, 0.4) is 0 Å². The minimum Gasteiger partial charge on any atom is -0.478 e. The lowest BCUT2D eigenvalue weighted by atomic mass is 9.90. The fraction of sp³-hybridized carbons (Fsp3) is 0.484. The van der Waals surface area contributed by atoms with Crippen LogP contribution in [0.25, 0.3) is 10.9 Å². The normalized spacial score (nSPS) is 22.8. The zero-order valence-corrected chi connectivity index (χ0v) is 24.4. The first-order valence-corrected chi connectivity index (χ1v) is 14.4. The molecule has 2 N–H and O–H groups in total. The maximum absolute atomic E-state index is 14.8. The van der Waals surface area contributed by atoms with E-state index in [1.54, 1.807) is 13.8 Å². The molecule has 2 saturated carbocycles. The van der Waals surface area contributed by atoms with Crippen LogP contribution in [0.15, 0.2) is 54.6 Å². The first-order chi connectivity index (χ1) is 18.3. The molecule has 5 nitrogen and oxygen atoms in total. The summed E-state index contributed by atoms with van der Waals surface area (Å²) in [6.45, 7) is 6.61. The Kier molecular flexibility index (Phi) is 7.49. The highest BCUT2D eigenvalue weighted by Gasteiger charge is 2.52. The van der Waals surface area contributed by atoms with Crippen molar-refractivity contribution in [3.63, 3.8) is 0 Å². The van der Waals surface area contributed by atoms with Crippen molar-refractivity contribution in [2.75, 3.05) is 5.32 Å². The summed E-state index contributed by atoms with van der Waals surface area (Å²) in [5, 5.41) is 7.80. The molecule has 0 saturated heterocycles. The van der Waals surface area contributed by atoms with E-state index in [1.807, 2.05) is 54.6 Å². The van der Waals surface area contributed by atoms with Gasteiger partial charge in [-0.3, -0.25) is 4.79 Å². The maximum Gasteiger partial charge on any atom is 0.263 e. The fourth-order valence-corrected chi connectivity index (χ4v) is 5.88. The first-order valence-electron chi connectivity index (χ1n) is 13.7. The molecule has 1 unspecified atom stereocenters. The molecule has 1 heterocycles. The van der Waals surface area contributed by atoms with Crippen LogP contribution in [0, 0.1) is 0 Å². The third kappa shape index (κ3) is 6.44. The molecule has 3 atom stereocenters. The van der Waals surface area contributed by atoms with E-state index in [9.17, 15) is 9.18 Å². The molecule has 0 spiro atoms. The van der Waals surface area contributed by atoms with Crippen LogP contribution < -0.4 is 15.4 Å². The molecule has 8 heteroatoms. The highest BCUT2D eigenvalue weighted by atomic mass is 35.5. The molecule has 2 aliphatic rings. The van der Waals surface area contributed by atoms with Gasteiger partial charge in [0.1, 0.15) is 15.8 Å². The quantitative estimate of drug-likeness (QED) is 0.271. The highest BCUT2D eigenvalue weighted by molar-refractivity contribution is 6.51. The Morgan fingerprint density at radius 3 is 2.38 bits per heavy atom. The molecule has 39 heavy (non-hydrogen) atoms. The number of ether oxygens (including phenoxy) is 1. The number of rotatable bonds is 8. The van der Waals surface area contributed by atoms with Gasteiger partial charge in [0.05, 0.1) is 11.2 Å². The van der Waals surface area contributed by atoms with Crippen molar-refractivity contribution in [2.45, 2.75) is 93.4 Å². The summed E-state index contributed by atoms with van der Waals surface area (Å²) in [7, 11) is 0. The van der Waals surface area contributed by atoms with Gasteiger partial charge in [0.2, 0.25) is 0 Å². The zero-order valence-electron chi connectivity index (χ0n) is 22.9. The smallest absolute Gasteiger partial charge is 0.263 e. The summed E-state index contributed by atoms with van der Waals surface area (Å²) >= 11 is 12.4. The molecule has 0 bridgehead atoms. The second-order valence-electron chi connectivity index (χ2n) is 11.9. The zero-order chi connectivity index (χ0) is 28.0. The summed E-state index contributed by atoms with van der Waals surface area (Å²) in [5.41, 5.74) is 0.506. The van der Waals surface area contributed by atoms with E-state index in [2.05, 4.69) is 15.6 Å². The topological polar surface area (TPSA) is 63.2 Å². The molecule has 208 valence electrons. The molecule has 0 aliphatic heterocycles. The van der Waals surface area contributed by atoms with Crippen molar-refractivity contribution < 1.29 is 13.9 Å². The van der Waals surface area contributed by atoms with Crippen LogP contribution in [0.2, 0.25) is 0 Å². The molecular weight excluding hydrogens is 536 g/mol. The molecule has 2 fully saturated rings. The minimum absolute atomic E-state index is 0.00891. The third-order valence-electron chi connectivity index (χ3n) is 7.72. The number of nitrogens with zero attached hydrogens (tertiary/aromatic N) is 1. The predicted octanol–water partition coefficient (Wildman–Crippen LogP) is 7.80. The molecule has 1 aromatic heterocycles. The Labute approximate surface area is 239 Å². The first kappa shape index (κ1) is 28.0. The van der Waals surface area contributed by atoms with Crippen LogP contribution >= 0.6 is 23.2 Å². The van der Waals surface area contributed by atoms with Gasteiger partial charge in [0.25, 0.3) is 5.91 Å². The number of pyridine rings is 1. The average Bonchev–Trinajstić information content (AvgIpc) is 3.51. The molecule has 2 aliphatic carbocycles. The number of hydrogen-bond donors (Lipinski definition) is 2. The second kappa shape index (κ2) is 10.4. The number of nitrogens with one attached hydrogen (secondary N) is 2. The van der Waals surface area contributed by atoms with Gasteiger partial charge in [0, 0.05) is 29.1 Å². The molecular formula is C31H36Cl2FN3O2. The number of aromatic nitrogens is 1. The maximum atomic E-state index is 14.8. The lowest BCUT2D eigenvalue weighted by molar-refractivity contribution is -0.135. The van der Waals surface area contributed by atoms with Gasteiger partial charge >= 0.3 is 0 Å². The lowest BCUT2D eigenvalue weighted by Gasteiger charge is -2.34. The number of hydrogen-bond acceptors (Lipinski definition) is 4. The summed E-state index contributed by atoms with van der Waals surface area (Å²) < 4.78 is 20.2. The number of carbonyl (C=O) groups is 1. The second-order valence-corrected chi connectivity index (χ2v) is 13.5. The highest BCUT2D eigenvalue weighted by Crippen LogP contribution is 2.59. The van der Waals surface area contributed by atoms with E-state index >= 15 is 0 Å². The number of anilines is 1. The number of carbonyl (C=O) groups excluding carboxylic acids is 1. The van der Waals surface area contributed by atoms with Crippen LogP contribution in [-0.4, -0.2) is 32.9 Å². The van der Waals surface area contributed by atoms with Crippen molar-refractivity contribution in [2.24, 2.45) is 0 Å². The molecule has 2 aromatic carbocycles. The average molecular weight is 573 g/mol. The Hall–Kier alpha value is -2.57. The van der Waals surface area contributed by atoms with Crippen molar-refractivity contribution in [1.82, 2.24) is 10.3 Å².